The van der Waals surface area contributed by atoms with Gasteiger partial charge in [0.25, 0.3) is 11.8 Å². The highest BCUT2D eigenvalue weighted by Crippen LogP contribution is 2.34. The standard InChI is InChI=1S/C57H78N10O8/c1-33(59-9)49(69)65-48(57(5,6)7)55(75)67-32-39(29-45(67)53(73)63-43-23-15-19-35-17-11-13-21-41(35)43)61-51(71)37-26-24-36(25-27-37)50(70)60-38-28-44(52(72)62-42-22-14-18-34-16-10-12-20-40(34)42)66(31-38)54(74)47(56(2,3)4)64-46(68)30-58-8/h10-13,16-17,20-21,24-27,33,38-39,42-45,47-48,58-59H,14-15,18-19,22-23,28-32H2,1-9H3,(H,60,70)(H,61,71)(H,62,72)(H,63,73)(H,64,68)(H,65,69)/t33-,38-,39-,42+,43+,44-,45-,47+,48+/m0/s1. The average Bonchev–Trinajstić information content (AvgIpc) is 4.01. The van der Waals surface area contributed by atoms with E-state index in [0.717, 1.165) is 49.7 Å². The molecule has 0 spiro atoms. The van der Waals surface area contributed by atoms with Gasteiger partial charge in [0.2, 0.25) is 35.4 Å². The van der Waals surface area contributed by atoms with Crippen molar-refractivity contribution in [2.75, 3.05) is 33.7 Å². The Morgan fingerprint density at radius 2 is 0.987 bits per heavy atom. The number of amides is 8. The third-order valence-electron chi connectivity index (χ3n) is 15.2. The van der Waals surface area contributed by atoms with Crippen LogP contribution in [-0.4, -0.2) is 133 Å². The second-order valence-corrected chi connectivity index (χ2v) is 22.9. The molecule has 3 aromatic rings. The summed E-state index contributed by atoms with van der Waals surface area (Å²) in [6.45, 7) is 12.8. The summed E-state index contributed by atoms with van der Waals surface area (Å²) >= 11 is 0. The van der Waals surface area contributed by atoms with E-state index in [1.807, 2.05) is 77.9 Å². The van der Waals surface area contributed by atoms with Crippen molar-refractivity contribution in [1.82, 2.24) is 52.3 Å². The predicted octanol–water partition coefficient (Wildman–Crippen LogP) is 3.36. The molecule has 2 aliphatic carbocycles. The molecule has 9 atom stereocenters. The van der Waals surface area contributed by atoms with Gasteiger partial charge >= 0.3 is 0 Å². The molecule has 3 aromatic carbocycles. The summed E-state index contributed by atoms with van der Waals surface area (Å²) in [6.07, 6.45) is 5.34. The second kappa shape index (κ2) is 23.9. The van der Waals surface area contributed by atoms with Gasteiger partial charge < -0.3 is 52.3 Å². The maximum Gasteiger partial charge on any atom is 0.251 e. The van der Waals surface area contributed by atoms with E-state index < -0.39 is 76.8 Å². The maximum absolute atomic E-state index is 14.6. The number of hydrogen-bond donors (Lipinski definition) is 8. The summed E-state index contributed by atoms with van der Waals surface area (Å²) in [7, 11) is 3.29. The van der Waals surface area contributed by atoms with E-state index in [0.29, 0.717) is 0 Å². The molecule has 7 rings (SSSR count). The molecule has 0 saturated carbocycles. The van der Waals surface area contributed by atoms with Gasteiger partial charge in [-0.05, 0) is 130 Å². The number of rotatable bonds is 16. The van der Waals surface area contributed by atoms with Gasteiger partial charge in [0.1, 0.15) is 24.2 Å². The zero-order chi connectivity index (χ0) is 54.4. The molecule has 404 valence electrons. The van der Waals surface area contributed by atoms with Crippen molar-refractivity contribution in [3.63, 3.8) is 0 Å². The van der Waals surface area contributed by atoms with E-state index in [9.17, 15) is 38.4 Å². The Hall–Kier alpha value is -6.66. The van der Waals surface area contributed by atoms with E-state index in [1.165, 1.54) is 45.2 Å². The summed E-state index contributed by atoms with van der Waals surface area (Å²) in [5.74, 6) is -3.23. The van der Waals surface area contributed by atoms with Gasteiger partial charge in [-0.2, -0.15) is 0 Å². The summed E-state index contributed by atoms with van der Waals surface area (Å²) in [4.78, 5) is 115. The van der Waals surface area contributed by atoms with Gasteiger partial charge in [-0.15, -0.1) is 0 Å². The third kappa shape index (κ3) is 13.4. The average molecular weight is 1030 g/mol. The lowest BCUT2D eigenvalue weighted by Gasteiger charge is -2.36. The second-order valence-electron chi connectivity index (χ2n) is 22.9. The smallest absolute Gasteiger partial charge is 0.251 e. The zero-order valence-corrected chi connectivity index (χ0v) is 45.1. The van der Waals surface area contributed by atoms with E-state index in [4.69, 9.17) is 0 Å². The summed E-state index contributed by atoms with van der Waals surface area (Å²) in [6, 6.07) is 15.9. The highest BCUT2D eigenvalue weighted by molar-refractivity contribution is 5.99. The van der Waals surface area contributed by atoms with Crippen LogP contribution in [0.25, 0.3) is 0 Å². The number of aryl methyl sites for hydroxylation is 2. The van der Waals surface area contributed by atoms with Crippen LogP contribution < -0.4 is 42.5 Å². The number of hydrogen-bond acceptors (Lipinski definition) is 10. The first-order valence-electron chi connectivity index (χ1n) is 26.6. The van der Waals surface area contributed by atoms with Crippen LogP contribution in [0.5, 0.6) is 0 Å². The molecule has 0 radical (unpaired) electrons. The topological polar surface area (TPSA) is 239 Å². The van der Waals surface area contributed by atoms with Gasteiger partial charge in [-0.3, -0.25) is 38.4 Å². The number of nitrogens with zero attached hydrogens (tertiary/aromatic N) is 2. The number of carbonyl (C=O) groups excluding carboxylic acids is 8. The monoisotopic (exact) mass is 1030 g/mol. The molecule has 8 N–H and O–H groups in total. The fourth-order valence-corrected chi connectivity index (χ4v) is 10.9. The molecule has 0 bridgehead atoms. The van der Waals surface area contributed by atoms with Crippen molar-refractivity contribution in [1.29, 1.82) is 0 Å². The molecule has 75 heavy (non-hydrogen) atoms. The maximum atomic E-state index is 14.6. The van der Waals surface area contributed by atoms with Crippen molar-refractivity contribution in [3.05, 3.63) is 106 Å². The first-order valence-corrected chi connectivity index (χ1v) is 26.6. The van der Waals surface area contributed by atoms with Crippen LogP contribution in [0.2, 0.25) is 0 Å². The van der Waals surface area contributed by atoms with E-state index in [1.54, 1.807) is 21.0 Å². The Morgan fingerprint density at radius 1 is 0.573 bits per heavy atom. The Labute approximate surface area is 441 Å². The summed E-state index contributed by atoms with van der Waals surface area (Å²) in [5.41, 5.74) is 3.46. The van der Waals surface area contributed by atoms with Gasteiger partial charge in [0, 0.05) is 36.3 Å². The molecule has 0 unspecified atom stereocenters. The molecule has 2 fully saturated rings. The lowest BCUT2D eigenvalue weighted by atomic mass is 9.85. The van der Waals surface area contributed by atoms with Crippen LogP contribution in [0.1, 0.15) is 142 Å². The number of likely N-dealkylation sites (tertiary alicyclic amines) is 2. The minimum Gasteiger partial charge on any atom is -0.347 e. The molecule has 2 heterocycles. The van der Waals surface area contributed by atoms with E-state index in [2.05, 4.69) is 54.7 Å². The highest BCUT2D eigenvalue weighted by Gasteiger charge is 2.48. The minimum absolute atomic E-state index is 0.00295. The summed E-state index contributed by atoms with van der Waals surface area (Å²) in [5, 5.41) is 24.0. The number of nitrogens with one attached hydrogen (secondary N) is 8. The first kappa shape index (κ1) is 56.1. The number of carbonyl (C=O) groups is 8. The van der Waals surface area contributed by atoms with Crippen molar-refractivity contribution in [2.24, 2.45) is 10.8 Å². The van der Waals surface area contributed by atoms with Crippen molar-refractivity contribution < 1.29 is 38.4 Å². The normalized spacial score (nSPS) is 22.6. The molecule has 18 nitrogen and oxygen atoms in total. The first-order chi connectivity index (χ1) is 35.6. The van der Waals surface area contributed by atoms with Crippen LogP contribution in [0.4, 0.5) is 0 Å². The van der Waals surface area contributed by atoms with Crippen LogP contribution >= 0.6 is 0 Å². The quantitative estimate of drug-likeness (QED) is 0.104. The molecule has 2 saturated heterocycles. The molecule has 4 aliphatic rings. The van der Waals surface area contributed by atoms with E-state index >= 15 is 0 Å². The van der Waals surface area contributed by atoms with Crippen LogP contribution in [0.3, 0.4) is 0 Å². The number of fused-ring (bicyclic) bond motifs is 2. The molecular formula is C57H78N10O8. The lowest BCUT2D eigenvalue weighted by molar-refractivity contribution is -0.144. The van der Waals surface area contributed by atoms with Crippen LogP contribution in [0, 0.1) is 10.8 Å². The fraction of sp³-hybridized carbons (Fsp3) is 0.544. The van der Waals surface area contributed by atoms with Crippen molar-refractivity contribution >= 4 is 47.3 Å². The third-order valence-corrected chi connectivity index (χ3v) is 15.2. The Kier molecular flexibility index (Phi) is 17.9. The molecule has 18 heteroatoms. The van der Waals surface area contributed by atoms with Crippen LogP contribution in [-0.2, 0) is 41.6 Å². The highest BCUT2D eigenvalue weighted by atomic mass is 16.2. The number of benzene rings is 3. The fourth-order valence-electron chi connectivity index (χ4n) is 10.9. The van der Waals surface area contributed by atoms with E-state index in [-0.39, 0.29) is 79.3 Å². The molecular weight excluding hydrogens is 953 g/mol. The largest absolute Gasteiger partial charge is 0.347 e. The van der Waals surface area contributed by atoms with Crippen LogP contribution in [0.15, 0.2) is 72.8 Å². The van der Waals surface area contributed by atoms with Gasteiger partial charge in [0.05, 0.1) is 24.7 Å². The zero-order valence-electron chi connectivity index (χ0n) is 45.1. The SMILES string of the molecule is CNCC(=O)N[C@H](C(=O)N1C[C@@H](NC(=O)c2ccc(C(=O)N[C@H]3C[C@@H](C(=O)N[C@@H]4CCCc5ccccc54)N(C(=O)[C@@H](NC(=O)[C@H](C)NC)C(C)(C)C)C3)cc2)C[C@H]1C(=O)N[C@@H]1CCCc2ccccc21)C(C)(C)C. The molecule has 2 aliphatic heterocycles. The lowest BCUT2D eigenvalue weighted by Crippen LogP contribution is -2.59. The molecule has 0 aromatic heterocycles. The minimum atomic E-state index is -0.980. The van der Waals surface area contributed by atoms with Crippen molar-refractivity contribution in [2.45, 2.75) is 154 Å². The van der Waals surface area contributed by atoms with Gasteiger partial charge in [-0.25, -0.2) is 0 Å². The predicted molar refractivity (Wildman–Crippen MR) is 285 cm³/mol. The Morgan fingerprint density at radius 3 is 1.39 bits per heavy atom. The van der Waals surface area contributed by atoms with Crippen molar-refractivity contribution in [3.8, 4) is 0 Å². The molecule has 8 amide bonds. The number of likely N-dealkylation sites (N-methyl/N-ethyl adjacent to an activating group) is 2. The van der Waals surface area contributed by atoms with Gasteiger partial charge in [0.15, 0.2) is 0 Å². The Bertz CT molecular complexity index is 2610. The van der Waals surface area contributed by atoms with Gasteiger partial charge in [-0.1, -0.05) is 90.1 Å². The summed E-state index contributed by atoms with van der Waals surface area (Å²) < 4.78 is 0. The Balaban J connectivity index is 1.05.